The Kier molecular flexibility index (Phi) is 9.59. The summed E-state index contributed by atoms with van der Waals surface area (Å²) in [6, 6.07) is 0. The number of anilines is 3. The van der Waals surface area contributed by atoms with Crippen LogP contribution in [0.3, 0.4) is 0 Å². The van der Waals surface area contributed by atoms with Crippen LogP contribution in [0.4, 0.5) is 17.5 Å². The molecule has 0 saturated carbocycles. The summed E-state index contributed by atoms with van der Waals surface area (Å²) in [6.45, 7) is 17.9. The highest BCUT2D eigenvalue weighted by Gasteiger charge is 2.26. The zero-order valence-electron chi connectivity index (χ0n) is 27.7. The number of amides is 3. The third-order valence-corrected chi connectivity index (χ3v) is 6.78. The fourth-order valence-electron chi connectivity index (χ4n) is 3.81. The summed E-state index contributed by atoms with van der Waals surface area (Å²) >= 11 is 0. The van der Waals surface area contributed by atoms with Gasteiger partial charge in [-0.15, -0.1) is 0 Å². The fraction of sp³-hybridized carbons (Fsp3) is 0.600. The summed E-state index contributed by atoms with van der Waals surface area (Å²) in [5, 5.41) is 8.70. The number of aromatic nitrogens is 6. The van der Waals surface area contributed by atoms with Crippen LogP contribution in [-0.4, -0.2) is 51.3 Å². The van der Waals surface area contributed by atoms with Gasteiger partial charge in [-0.05, 0) is 0 Å². The van der Waals surface area contributed by atoms with E-state index in [1.807, 2.05) is 97.2 Å². The molecule has 13 nitrogen and oxygen atoms in total. The standard InChI is InChI=1S/C30H48N10O3/c1-28(2,3)25(41)34-19-13-37(10)22(31-19)16-40(17-23-32-20(14-38(23)11)35-26(42)29(4,5)6)18-24-33-21(15-39(24)12)36-27(43)30(7,8)9/h13-15H,16-18H2,1-12H3,(H,34,41)(H,35,42)(H,36,43). The number of imidazole rings is 3. The quantitative estimate of drug-likeness (QED) is 0.338. The number of nitrogens with one attached hydrogen (secondary N) is 3. The Balaban J connectivity index is 1.90. The van der Waals surface area contributed by atoms with Gasteiger partial charge in [0.15, 0.2) is 17.5 Å². The molecule has 3 N–H and O–H groups in total. The van der Waals surface area contributed by atoms with Crippen molar-refractivity contribution < 1.29 is 14.4 Å². The zero-order chi connectivity index (χ0) is 32.5. The molecule has 0 aliphatic carbocycles. The summed E-state index contributed by atoms with van der Waals surface area (Å²) in [6.07, 6.45) is 5.37. The molecular formula is C30H48N10O3. The first-order chi connectivity index (χ1) is 19.6. The van der Waals surface area contributed by atoms with E-state index in [4.69, 9.17) is 15.0 Å². The summed E-state index contributed by atoms with van der Waals surface area (Å²) in [7, 11) is 5.65. The molecule has 0 radical (unpaired) electrons. The maximum absolute atomic E-state index is 12.6. The normalized spacial score (nSPS) is 12.5. The van der Waals surface area contributed by atoms with Crippen LogP contribution < -0.4 is 16.0 Å². The monoisotopic (exact) mass is 596 g/mol. The van der Waals surface area contributed by atoms with E-state index >= 15 is 0 Å². The largest absolute Gasteiger partial charge is 0.335 e. The first-order valence-electron chi connectivity index (χ1n) is 14.4. The average Bonchev–Trinajstić information content (AvgIpc) is 3.48. The van der Waals surface area contributed by atoms with Gasteiger partial charge < -0.3 is 29.7 Å². The second-order valence-corrected chi connectivity index (χ2v) is 14.2. The lowest BCUT2D eigenvalue weighted by Crippen LogP contribution is -2.28. The van der Waals surface area contributed by atoms with Crippen LogP contribution in [0.1, 0.15) is 79.8 Å². The van der Waals surface area contributed by atoms with Crippen LogP contribution in [0.2, 0.25) is 0 Å². The Bertz CT molecular complexity index is 1300. The number of aryl methyl sites for hydroxylation is 3. The molecule has 0 aromatic carbocycles. The molecule has 0 atom stereocenters. The van der Waals surface area contributed by atoms with Crippen molar-refractivity contribution >= 4 is 35.2 Å². The van der Waals surface area contributed by atoms with Crippen molar-refractivity contribution in [2.45, 2.75) is 81.9 Å². The van der Waals surface area contributed by atoms with Gasteiger partial charge in [0.1, 0.15) is 17.5 Å². The summed E-state index contributed by atoms with van der Waals surface area (Å²) in [5.41, 5.74) is -1.67. The number of hydrogen-bond donors (Lipinski definition) is 3. The van der Waals surface area contributed by atoms with E-state index in [-0.39, 0.29) is 17.7 Å². The second-order valence-electron chi connectivity index (χ2n) is 14.2. The summed E-state index contributed by atoms with van der Waals surface area (Å²) in [5.74, 6) is 3.27. The van der Waals surface area contributed by atoms with E-state index in [0.717, 1.165) is 17.5 Å². The Hall–Kier alpha value is -4.00. The van der Waals surface area contributed by atoms with Gasteiger partial charge in [-0.3, -0.25) is 19.3 Å². The third-order valence-electron chi connectivity index (χ3n) is 6.78. The third kappa shape index (κ3) is 8.99. The maximum atomic E-state index is 12.6. The van der Waals surface area contributed by atoms with Gasteiger partial charge in [0, 0.05) is 56.0 Å². The molecule has 0 unspecified atom stereocenters. The molecule has 3 amide bonds. The molecule has 0 spiro atoms. The van der Waals surface area contributed by atoms with Crippen molar-refractivity contribution in [3.05, 3.63) is 36.1 Å². The van der Waals surface area contributed by atoms with Gasteiger partial charge in [-0.25, -0.2) is 15.0 Å². The zero-order valence-corrected chi connectivity index (χ0v) is 27.7. The first kappa shape index (κ1) is 33.5. The van der Waals surface area contributed by atoms with Gasteiger partial charge in [0.2, 0.25) is 17.7 Å². The molecule has 3 aromatic heterocycles. The molecule has 236 valence electrons. The molecule has 13 heteroatoms. The lowest BCUT2D eigenvalue weighted by molar-refractivity contribution is -0.123. The molecule has 43 heavy (non-hydrogen) atoms. The van der Waals surface area contributed by atoms with Crippen LogP contribution >= 0.6 is 0 Å². The molecule has 0 saturated heterocycles. The van der Waals surface area contributed by atoms with Crippen molar-refractivity contribution in [2.75, 3.05) is 16.0 Å². The highest BCUT2D eigenvalue weighted by atomic mass is 16.2. The summed E-state index contributed by atoms with van der Waals surface area (Å²) in [4.78, 5) is 53.9. The minimum Gasteiger partial charge on any atom is -0.335 e. The van der Waals surface area contributed by atoms with Crippen LogP contribution in [-0.2, 0) is 55.2 Å². The molecule has 0 fully saturated rings. The molecule has 3 aromatic rings. The number of carbonyl (C=O) groups is 3. The van der Waals surface area contributed by atoms with Gasteiger partial charge in [-0.1, -0.05) is 62.3 Å². The van der Waals surface area contributed by atoms with Gasteiger partial charge >= 0.3 is 0 Å². The van der Waals surface area contributed by atoms with Crippen LogP contribution in [0, 0.1) is 16.2 Å². The van der Waals surface area contributed by atoms with Gasteiger partial charge in [-0.2, -0.15) is 0 Å². The van der Waals surface area contributed by atoms with E-state index in [2.05, 4.69) is 20.9 Å². The summed E-state index contributed by atoms with van der Waals surface area (Å²) < 4.78 is 5.64. The molecule has 3 rings (SSSR count). The number of nitrogens with zero attached hydrogens (tertiary/aromatic N) is 7. The SMILES string of the molecule is Cn1cc(NC(=O)C(C)(C)C)nc1CN(Cc1nc(NC(=O)C(C)(C)C)cn1C)Cc1nc(NC(=O)C(C)(C)C)cn1C. The Morgan fingerprint density at radius 1 is 0.558 bits per heavy atom. The average molecular weight is 597 g/mol. The molecule has 0 aliphatic rings. The second kappa shape index (κ2) is 12.3. The predicted octanol–water partition coefficient (Wildman–Crippen LogP) is 4.04. The Morgan fingerprint density at radius 3 is 1.00 bits per heavy atom. The van der Waals surface area contributed by atoms with E-state index in [0.29, 0.717) is 37.1 Å². The minimum atomic E-state index is -0.555. The van der Waals surface area contributed by atoms with Crippen molar-refractivity contribution in [2.24, 2.45) is 37.4 Å². The van der Waals surface area contributed by atoms with Gasteiger partial charge in [0.05, 0.1) is 19.6 Å². The van der Waals surface area contributed by atoms with Crippen LogP contribution in [0.5, 0.6) is 0 Å². The first-order valence-corrected chi connectivity index (χ1v) is 14.4. The van der Waals surface area contributed by atoms with Crippen LogP contribution in [0.15, 0.2) is 18.6 Å². The van der Waals surface area contributed by atoms with Crippen molar-refractivity contribution in [1.82, 2.24) is 33.6 Å². The molecular weight excluding hydrogens is 548 g/mol. The Labute approximate surface area is 254 Å². The minimum absolute atomic E-state index is 0.121. The van der Waals surface area contributed by atoms with Gasteiger partial charge in [0.25, 0.3) is 0 Å². The lowest BCUT2D eigenvalue weighted by atomic mass is 9.96. The highest BCUT2D eigenvalue weighted by molar-refractivity contribution is 5.94. The maximum Gasteiger partial charge on any atom is 0.230 e. The predicted molar refractivity (Wildman–Crippen MR) is 167 cm³/mol. The fourth-order valence-corrected chi connectivity index (χ4v) is 3.81. The van der Waals surface area contributed by atoms with E-state index in [1.54, 1.807) is 18.6 Å². The van der Waals surface area contributed by atoms with E-state index < -0.39 is 16.2 Å². The smallest absolute Gasteiger partial charge is 0.230 e. The Morgan fingerprint density at radius 2 is 0.791 bits per heavy atom. The lowest BCUT2D eigenvalue weighted by Gasteiger charge is -2.21. The van der Waals surface area contributed by atoms with E-state index in [9.17, 15) is 14.4 Å². The molecule has 0 bridgehead atoms. The van der Waals surface area contributed by atoms with Crippen LogP contribution in [0.25, 0.3) is 0 Å². The number of rotatable bonds is 9. The highest BCUT2D eigenvalue weighted by Crippen LogP contribution is 2.22. The topological polar surface area (TPSA) is 144 Å². The van der Waals surface area contributed by atoms with E-state index in [1.165, 1.54) is 0 Å². The van der Waals surface area contributed by atoms with Crippen molar-refractivity contribution in [1.29, 1.82) is 0 Å². The van der Waals surface area contributed by atoms with Crippen molar-refractivity contribution in [3.63, 3.8) is 0 Å². The molecule has 0 aliphatic heterocycles. The number of carbonyl (C=O) groups excluding carboxylic acids is 3. The van der Waals surface area contributed by atoms with Crippen molar-refractivity contribution in [3.8, 4) is 0 Å². The molecule has 3 heterocycles. The number of hydrogen-bond acceptors (Lipinski definition) is 7.